The highest BCUT2D eigenvalue weighted by atomic mass is 16.2. The van der Waals surface area contributed by atoms with E-state index in [1.54, 1.807) is 4.90 Å². The molecule has 5 rings (SSSR count). The maximum absolute atomic E-state index is 13.2. The lowest BCUT2D eigenvalue weighted by atomic mass is 10.2. The maximum Gasteiger partial charge on any atom is 0.333 e. The quantitative estimate of drug-likeness (QED) is 0.443. The summed E-state index contributed by atoms with van der Waals surface area (Å²) in [5.41, 5.74) is 1.09. The molecule has 0 N–H and O–H groups in total. The third kappa shape index (κ3) is 4.32. The molecule has 0 spiro atoms. The number of para-hydroxylation sites is 1. The second-order valence-electron chi connectivity index (χ2n) is 8.42. The van der Waals surface area contributed by atoms with Crippen LogP contribution in [0.25, 0.3) is 22.4 Å². The Kier molecular flexibility index (Phi) is 6.13. The Morgan fingerprint density at radius 2 is 1.54 bits per heavy atom. The monoisotopic (exact) mass is 470 g/mol. The summed E-state index contributed by atoms with van der Waals surface area (Å²) in [5, 5.41) is 0.216. The first kappa shape index (κ1) is 22.5. The van der Waals surface area contributed by atoms with Crippen molar-refractivity contribution in [2.24, 2.45) is 0 Å². The van der Waals surface area contributed by atoms with Crippen LogP contribution < -0.4 is 16.1 Å². The van der Waals surface area contributed by atoms with Gasteiger partial charge in [-0.1, -0.05) is 48.5 Å². The van der Waals surface area contributed by atoms with E-state index in [0.717, 1.165) is 15.8 Å². The minimum atomic E-state index is -0.550. The summed E-state index contributed by atoms with van der Waals surface area (Å²) in [6.45, 7) is 4.26. The van der Waals surface area contributed by atoms with Crippen molar-refractivity contribution < 1.29 is 4.79 Å². The molecule has 0 saturated carbocycles. The van der Waals surface area contributed by atoms with Gasteiger partial charge in [0.2, 0.25) is 5.91 Å². The van der Waals surface area contributed by atoms with Crippen LogP contribution in [-0.4, -0.2) is 56.1 Å². The number of carbonyl (C=O) groups excluding carboxylic acids is 1. The SMILES string of the molecule is CCn1c(=O)n(CC(=O)N2CCN(c3ccccc3)CC2)c(=O)c2cnc(-c3ccccc3)nc21. The number of fused-ring (bicyclic) bond motifs is 1. The molecular weight excluding hydrogens is 444 g/mol. The number of hydrogen-bond donors (Lipinski definition) is 0. The molecule has 35 heavy (non-hydrogen) atoms. The standard InChI is InChI=1S/C26H26N6O3/c1-2-31-24-21(17-27-23(28-24)19-9-5-3-6-10-19)25(34)32(26(31)35)18-22(33)30-15-13-29(14-16-30)20-11-7-4-8-12-20/h3-12,17H,2,13-16,18H2,1H3. The number of carbonyl (C=O) groups is 1. The highest BCUT2D eigenvalue weighted by Gasteiger charge is 2.24. The van der Waals surface area contributed by atoms with E-state index in [9.17, 15) is 14.4 Å². The minimum absolute atomic E-state index is 0.216. The van der Waals surface area contributed by atoms with Gasteiger partial charge in [0.05, 0.1) is 0 Å². The molecule has 0 bridgehead atoms. The average Bonchev–Trinajstić information content (AvgIpc) is 2.92. The number of aromatic nitrogens is 4. The summed E-state index contributed by atoms with van der Waals surface area (Å²) in [7, 11) is 0. The lowest BCUT2D eigenvalue weighted by molar-refractivity contribution is -0.132. The Labute approximate surface area is 201 Å². The number of hydrogen-bond acceptors (Lipinski definition) is 6. The van der Waals surface area contributed by atoms with Crippen molar-refractivity contribution >= 4 is 22.6 Å². The van der Waals surface area contributed by atoms with E-state index >= 15 is 0 Å². The molecule has 0 radical (unpaired) electrons. The van der Waals surface area contributed by atoms with Gasteiger partial charge >= 0.3 is 5.69 Å². The van der Waals surface area contributed by atoms with Crippen LogP contribution in [0, 0.1) is 0 Å². The molecule has 9 nitrogen and oxygen atoms in total. The molecule has 1 saturated heterocycles. The lowest BCUT2D eigenvalue weighted by Gasteiger charge is -2.36. The van der Waals surface area contributed by atoms with E-state index in [2.05, 4.69) is 14.9 Å². The molecule has 9 heteroatoms. The molecule has 1 aliphatic heterocycles. The van der Waals surface area contributed by atoms with Crippen molar-refractivity contribution in [3.63, 3.8) is 0 Å². The van der Waals surface area contributed by atoms with Crippen LogP contribution in [-0.2, 0) is 17.9 Å². The van der Waals surface area contributed by atoms with Crippen molar-refractivity contribution in [1.82, 2.24) is 24.0 Å². The third-order valence-corrected chi connectivity index (χ3v) is 6.36. The number of amides is 1. The van der Waals surface area contributed by atoms with E-state index in [1.165, 1.54) is 10.8 Å². The molecule has 1 amide bonds. The van der Waals surface area contributed by atoms with Crippen LogP contribution in [0.5, 0.6) is 0 Å². The van der Waals surface area contributed by atoms with E-state index in [4.69, 9.17) is 0 Å². The number of anilines is 1. The molecule has 1 aliphatic rings. The zero-order valence-corrected chi connectivity index (χ0v) is 19.5. The van der Waals surface area contributed by atoms with E-state index in [-0.39, 0.29) is 23.5 Å². The summed E-state index contributed by atoms with van der Waals surface area (Å²) in [6.07, 6.45) is 1.44. The van der Waals surface area contributed by atoms with Crippen molar-refractivity contribution in [2.45, 2.75) is 20.0 Å². The smallest absolute Gasteiger partial charge is 0.333 e. The number of benzene rings is 2. The fourth-order valence-electron chi connectivity index (χ4n) is 4.44. The first-order valence-electron chi connectivity index (χ1n) is 11.7. The van der Waals surface area contributed by atoms with Gasteiger partial charge < -0.3 is 9.80 Å². The van der Waals surface area contributed by atoms with Gasteiger partial charge in [0.25, 0.3) is 5.56 Å². The fourth-order valence-corrected chi connectivity index (χ4v) is 4.44. The Hall–Kier alpha value is -4.27. The van der Waals surface area contributed by atoms with Gasteiger partial charge in [-0.25, -0.2) is 14.8 Å². The molecule has 4 aromatic rings. The van der Waals surface area contributed by atoms with Crippen molar-refractivity contribution in [2.75, 3.05) is 31.1 Å². The maximum atomic E-state index is 13.2. The number of rotatable bonds is 5. The zero-order valence-electron chi connectivity index (χ0n) is 19.5. The van der Waals surface area contributed by atoms with Gasteiger partial charge in [-0.05, 0) is 19.1 Å². The van der Waals surface area contributed by atoms with Crippen LogP contribution in [0.4, 0.5) is 5.69 Å². The molecule has 178 valence electrons. The summed E-state index contributed by atoms with van der Waals surface area (Å²) in [4.78, 5) is 52.3. The van der Waals surface area contributed by atoms with Crippen LogP contribution in [0.1, 0.15) is 6.92 Å². The molecular formula is C26H26N6O3. The molecule has 1 fully saturated rings. The minimum Gasteiger partial charge on any atom is -0.368 e. The predicted octanol–water partition coefficient (Wildman–Crippen LogP) is 1.99. The fraction of sp³-hybridized carbons (Fsp3) is 0.269. The first-order valence-corrected chi connectivity index (χ1v) is 11.7. The van der Waals surface area contributed by atoms with Gasteiger partial charge in [-0.2, -0.15) is 0 Å². The normalized spacial score (nSPS) is 13.9. The molecule has 3 heterocycles. The highest BCUT2D eigenvalue weighted by Crippen LogP contribution is 2.17. The van der Waals surface area contributed by atoms with Gasteiger partial charge in [-0.3, -0.25) is 18.7 Å². The molecule has 2 aromatic carbocycles. The van der Waals surface area contributed by atoms with Gasteiger partial charge in [0.15, 0.2) is 11.5 Å². The Morgan fingerprint density at radius 3 is 2.20 bits per heavy atom. The van der Waals surface area contributed by atoms with Crippen LogP contribution in [0.2, 0.25) is 0 Å². The lowest BCUT2D eigenvalue weighted by Crippen LogP contribution is -2.51. The summed E-state index contributed by atoms with van der Waals surface area (Å²) in [5.74, 6) is 0.185. The third-order valence-electron chi connectivity index (χ3n) is 6.36. The van der Waals surface area contributed by atoms with Crippen molar-refractivity contribution in [1.29, 1.82) is 0 Å². The second-order valence-corrected chi connectivity index (χ2v) is 8.42. The topological polar surface area (TPSA) is 93.3 Å². The number of piperazine rings is 1. The Balaban J connectivity index is 1.41. The van der Waals surface area contributed by atoms with Crippen LogP contribution >= 0.6 is 0 Å². The van der Waals surface area contributed by atoms with Gasteiger partial charge in [-0.15, -0.1) is 0 Å². The van der Waals surface area contributed by atoms with Crippen molar-refractivity contribution in [3.05, 3.63) is 87.7 Å². The van der Waals surface area contributed by atoms with E-state index < -0.39 is 11.2 Å². The molecule has 0 aliphatic carbocycles. The number of nitrogens with zero attached hydrogens (tertiary/aromatic N) is 6. The molecule has 2 aromatic heterocycles. The second kappa shape index (κ2) is 9.54. The van der Waals surface area contributed by atoms with Gasteiger partial charge in [0, 0.05) is 50.2 Å². The Morgan fingerprint density at radius 1 is 0.886 bits per heavy atom. The number of aryl methyl sites for hydroxylation is 1. The molecule has 0 atom stereocenters. The van der Waals surface area contributed by atoms with Crippen LogP contribution in [0.15, 0.2) is 76.4 Å². The summed E-state index contributed by atoms with van der Waals surface area (Å²) < 4.78 is 2.43. The predicted molar refractivity (Wildman–Crippen MR) is 134 cm³/mol. The highest BCUT2D eigenvalue weighted by molar-refractivity contribution is 5.78. The summed E-state index contributed by atoms with van der Waals surface area (Å²) >= 11 is 0. The molecule has 0 unspecified atom stereocenters. The summed E-state index contributed by atoms with van der Waals surface area (Å²) in [6, 6.07) is 19.4. The Bertz CT molecular complexity index is 1470. The van der Waals surface area contributed by atoms with E-state index in [0.29, 0.717) is 38.5 Å². The van der Waals surface area contributed by atoms with Crippen molar-refractivity contribution in [3.8, 4) is 11.4 Å². The zero-order chi connectivity index (χ0) is 24.4. The first-order chi connectivity index (χ1) is 17.1. The van der Waals surface area contributed by atoms with Crippen LogP contribution in [0.3, 0.4) is 0 Å². The van der Waals surface area contributed by atoms with Gasteiger partial charge in [0.1, 0.15) is 11.9 Å². The van der Waals surface area contributed by atoms with E-state index in [1.807, 2.05) is 67.6 Å². The average molecular weight is 471 g/mol. The largest absolute Gasteiger partial charge is 0.368 e.